The lowest BCUT2D eigenvalue weighted by Gasteiger charge is -2.06. The minimum atomic E-state index is -0.365. The standard InChI is InChI=1S/C15H15FN6O/c16-12-4-1-3-11(9-12)14-13(10-19-20-14)15(23)17-5-2-7-22-8-6-18-21-22/h1,3-4,6,8-10H,2,5,7H2,(H,17,23)(H,19,20). The highest BCUT2D eigenvalue weighted by Gasteiger charge is 2.15. The topological polar surface area (TPSA) is 88.5 Å². The van der Waals surface area contributed by atoms with E-state index in [9.17, 15) is 9.18 Å². The van der Waals surface area contributed by atoms with Gasteiger partial charge in [-0.05, 0) is 18.6 Å². The molecule has 0 aliphatic carbocycles. The number of carbonyl (C=O) groups excluding carboxylic acids is 1. The molecule has 1 amide bonds. The van der Waals surface area contributed by atoms with Crippen LogP contribution in [0.15, 0.2) is 42.9 Å². The van der Waals surface area contributed by atoms with Gasteiger partial charge in [0.25, 0.3) is 5.91 Å². The highest BCUT2D eigenvalue weighted by Crippen LogP contribution is 2.21. The van der Waals surface area contributed by atoms with Crippen molar-refractivity contribution in [3.8, 4) is 11.3 Å². The average Bonchev–Trinajstić information content (AvgIpc) is 3.22. The van der Waals surface area contributed by atoms with E-state index in [4.69, 9.17) is 0 Å². The van der Waals surface area contributed by atoms with Crippen molar-refractivity contribution in [2.45, 2.75) is 13.0 Å². The van der Waals surface area contributed by atoms with Gasteiger partial charge in [-0.25, -0.2) is 4.39 Å². The number of halogens is 1. The summed E-state index contributed by atoms with van der Waals surface area (Å²) in [5, 5.41) is 17.0. The number of carbonyl (C=O) groups is 1. The highest BCUT2D eigenvalue weighted by molar-refractivity contribution is 5.99. The molecule has 0 saturated heterocycles. The van der Waals surface area contributed by atoms with Crippen LogP contribution in [0.4, 0.5) is 4.39 Å². The van der Waals surface area contributed by atoms with Crippen LogP contribution in [0.1, 0.15) is 16.8 Å². The van der Waals surface area contributed by atoms with Gasteiger partial charge in [-0.1, -0.05) is 17.3 Å². The molecule has 0 atom stereocenters. The van der Waals surface area contributed by atoms with Gasteiger partial charge in [0.1, 0.15) is 5.82 Å². The molecule has 0 unspecified atom stereocenters. The lowest BCUT2D eigenvalue weighted by molar-refractivity contribution is 0.0953. The van der Waals surface area contributed by atoms with E-state index in [-0.39, 0.29) is 11.7 Å². The van der Waals surface area contributed by atoms with Crippen molar-refractivity contribution in [1.82, 2.24) is 30.5 Å². The summed E-state index contributed by atoms with van der Waals surface area (Å²) in [6, 6.07) is 6.02. The van der Waals surface area contributed by atoms with Gasteiger partial charge in [-0.2, -0.15) is 5.10 Å². The van der Waals surface area contributed by atoms with Gasteiger partial charge in [0.05, 0.1) is 23.7 Å². The number of hydrogen-bond acceptors (Lipinski definition) is 4. The molecule has 118 valence electrons. The molecule has 0 aliphatic rings. The molecule has 0 spiro atoms. The molecule has 0 bridgehead atoms. The number of rotatable bonds is 6. The molecule has 0 saturated carbocycles. The first-order valence-corrected chi connectivity index (χ1v) is 7.15. The van der Waals surface area contributed by atoms with Crippen molar-refractivity contribution < 1.29 is 9.18 Å². The first-order valence-electron chi connectivity index (χ1n) is 7.15. The predicted octanol–water partition coefficient (Wildman–Crippen LogP) is 1.63. The number of hydrogen-bond donors (Lipinski definition) is 2. The van der Waals surface area contributed by atoms with Crippen LogP contribution >= 0.6 is 0 Å². The number of benzene rings is 1. The molecular weight excluding hydrogens is 299 g/mol. The Morgan fingerprint density at radius 1 is 1.39 bits per heavy atom. The van der Waals surface area contributed by atoms with Crippen molar-refractivity contribution in [3.63, 3.8) is 0 Å². The maximum Gasteiger partial charge on any atom is 0.255 e. The van der Waals surface area contributed by atoms with E-state index in [2.05, 4.69) is 25.8 Å². The fourth-order valence-corrected chi connectivity index (χ4v) is 2.21. The second-order valence-corrected chi connectivity index (χ2v) is 4.94. The third-order valence-electron chi connectivity index (χ3n) is 3.32. The van der Waals surface area contributed by atoms with Gasteiger partial charge in [-0.15, -0.1) is 5.10 Å². The summed E-state index contributed by atoms with van der Waals surface area (Å²) >= 11 is 0. The minimum absolute atomic E-state index is 0.253. The summed E-state index contributed by atoms with van der Waals surface area (Å²) in [5.41, 5.74) is 1.46. The van der Waals surface area contributed by atoms with Crippen LogP contribution in [0.2, 0.25) is 0 Å². The van der Waals surface area contributed by atoms with Crippen LogP contribution in [-0.2, 0) is 6.54 Å². The van der Waals surface area contributed by atoms with Gasteiger partial charge in [0.15, 0.2) is 0 Å². The summed E-state index contributed by atoms with van der Waals surface area (Å²) in [6.07, 6.45) is 5.53. The van der Waals surface area contributed by atoms with Gasteiger partial charge in [-0.3, -0.25) is 14.6 Å². The van der Waals surface area contributed by atoms with Crippen molar-refractivity contribution in [2.24, 2.45) is 0 Å². The van der Waals surface area contributed by atoms with Crippen LogP contribution < -0.4 is 5.32 Å². The van der Waals surface area contributed by atoms with Gasteiger partial charge < -0.3 is 5.32 Å². The minimum Gasteiger partial charge on any atom is -0.352 e. The Balaban J connectivity index is 1.61. The molecule has 3 aromatic rings. The van der Waals surface area contributed by atoms with E-state index in [1.54, 1.807) is 29.2 Å². The molecule has 3 rings (SSSR count). The molecule has 8 heteroatoms. The number of aromatic amines is 1. The third kappa shape index (κ3) is 3.60. The molecule has 23 heavy (non-hydrogen) atoms. The lowest BCUT2D eigenvalue weighted by atomic mass is 10.1. The summed E-state index contributed by atoms with van der Waals surface area (Å²) in [7, 11) is 0. The molecule has 2 N–H and O–H groups in total. The van der Waals surface area contributed by atoms with E-state index in [0.29, 0.717) is 29.9 Å². The summed E-state index contributed by atoms with van der Waals surface area (Å²) in [5.74, 6) is -0.618. The largest absolute Gasteiger partial charge is 0.352 e. The maximum absolute atomic E-state index is 13.3. The van der Waals surface area contributed by atoms with E-state index in [0.717, 1.165) is 6.42 Å². The van der Waals surface area contributed by atoms with E-state index in [1.165, 1.54) is 18.3 Å². The number of amides is 1. The number of aromatic nitrogens is 5. The Morgan fingerprint density at radius 2 is 2.30 bits per heavy atom. The summed E-state index contributed by atoms with van der Waals surface area (Å²) < 4.78 is 15.0. The fraction of sp³-hybridized carbons (Fsp3) is 0.200. The maximum atomic E-state index is 13.3. The molecule has 0 radical (unpaired) electrons. The molecule has 0 fully saturated rings. The van der Waals surface area contributed by atoms with Crippen LogP contribution in [0.25, 0.3) is 11.3 Å². The van der Waals surface area contributed by atoms with Crippen molar-refractivity contribution in [1.29, 1.82) is 0 Å². The number of nitrogens with one attached hydrogen (secondary N) is 2. The number of nitrogens with zero attached hydrogens (tertiary/aromatic N) is 4. The first kappa shape index (κ1) is 14.9. The van der Waals surface area contributed by atoms with E-state index in [1.807, 2.05) is 0 Å². The van der Waals surface area contributed by atoms with Crippen molar-refractivity contribution in [2.75, 3.05) is 6.54 Å². The van der Waals surface area contributed by atoms with Gasteiger partial charge in [0, 0.05) is 24.8 Å². The smallest absolute Gasteiger partial charge is 0.255 e. The molecule has 1 aromatic carbocycles. The SMILES string of the molecule is O=C(NCCCn1ccnn1)c1cn[nH]c1-c1cccc(F)c1. The molecular formula is C15H15FN6O. The second kappa shape index (κ2) is 6.82. The lowest BCUT2D eigenvalue weighted by Crippen LogP contribution is -2.25. The van der Waals surface area contributed by atoms with Crippen LogP contribution in [0.3, 0.4) is 0 Å². The Kier molecular flexibility index (Phi) is 4.41. The number of H-pyrrole nitrogens is 1. The van der Waals surface area contributed by atoms with Crippen molar-refractivity contribution in [3.05, 3.63) is 54.2 Å². The van der Waals surface area contributed by atoms with E-state index >= 15 is 0 Å². The Morgan fingerprint density at radius 3 is 3.09 bits per heavy atom. The summed E-state index contributed by atoms with van der Waals surface area (Å²) in [4.78, 5) is 12.2. The Bertz CT molecular complexity index is 783. The summed E-state index contributed by atoms with van der Waals surface area (Å²) in [6.45, 7) is 1.16. The average molecular weight is 314 g/mol. The molecule has 2 aromatic heterocycles. The Hall–Kier alpha value is -3.03. The molecule has 0 aliphatic heterocycles. The predicted molar refractivity (Wildman–Crippen MR) is 81.0 cm³/mol. The first-order chi connectivity index (χ1) is 11.2. The normalized spacial score (nSPS) is 10.7. The number of aryl methyl sites for hydroxylation is 1. The highest BCUT2D eigenvalue weighted by atomic mass is 19.1. The zero-order valence-electron chi connectivity index (χ0n) is 12.2. The fourth-order valence-electron chi connectivity index (χ4n) is 2.21. The molecule has 2 heterocycles. The monoisotopic (exact) mass is 314 g/mol. The van der Waals surface area contributed by atoms with E-state index < -0.39 is 0 Å². The molecule has 7 nitrogen and oxygen atoms in total. The zero-order chi connectivity index (χ0) is 16.1. The van der Waals surface area contributed by atoms with Crippen molar-refractivity contribution >= 4 is 5.91 Å². The Labute approximate surface area is 131 Å². The van der Waals surface area contributed by atoms with Crippen LogP contribution in [0.5, 0.6) is 0 Å². The van der Waals surface area contributed by atoms with Crippen LogP contribution in [-0.4, -0.2) is 37.6 Å². The second-order valence-electron chi connectivity index (χ2n) is 4.94. The zero-order valence-corrected chi connectivity index (χ0v) is 12.2. The van der Waals surface area contributed by atoms with Crippen LogP contribution in [0, 0.1) is 5.82 Å². The van der Waals surface area contributed by atoms with Gasteiger partial charge in [0.2, 0.25) is 0 Å². The quantitative estimate of drug-likeness (QED) is 0.677. The third-order valence-corrected chi connectivity index (χ3v) is 3.32. The van der Waals surface area contributed by atoms with Gasteiger partial charge >= 0.3 is 0 Å².